The first-order valence-electron chi connectivity index (χ1n) is 9.20. The summed E-state index contributed by atoms with van der Waals surface area (Å²) in [5.74, 6) is 1.25. The van der Waals surface area contributed by atoms with Gasteiger partial charge in [0, 0.05) is 19.6 Å². The molecule has 0 spiro atoms. The van der Waals surface area contributed by atoms with Gasteiger partial charge in [-0.05, 0) is 37.4 Å². The summed E-state index contributed by atoms with van der Waals surface area (Å²) in [5.41, 5.74) is 1.27. The number of nitrogens with zero attached hydrogens (tertiary/aromatic N) is 4. The maximum atomic E-state index is 12.4. The van der Waals surface area contributed by atoms with Gasteiger partial charge in [0.05, 0.1) is 11.9 Å². The highest BCUT2D eigenvalue weighted by Gasteiger charge is 2.16. The van der Waals surface area contributed by atoms with Gasteiger partial charge in [0.1, 0.15) is 5.39 Å². The van der Waals surface area contributed by atoms with Gasteiger partial charge in [-0.15, -0.1) is 0 Å². The Bertz CT molecular complexity index is 932. The van der Waals surface area contributed by atoms with Crippen LogP contribution in [0.4, 0.5) is 5.95 Å². The molecule has 1 unspecified atom stereocenters. The maximum Gasteiger partial charge on any atom is 0.263 e. The van der Waals surface area contributed by atoms with Gasteiger partial charge < -0.3 is 10.2 Å². The Morgan fingerprint density at radius 2 is 2.15 bits per heavy atom. The number of likely N-dealkylation sites (tertiary alicyclic amines) is 1. The molecule has 0 saturated carbocycles. The molecule has 1 atom stereocenters. The van der Waals surface area contributed by atoms with Gasteiger partial charge in [-0.25, -0.2) is 4.68 Å². The fourth-order valence-electron chi connectivity index (χ4n) is 3.58. The van der Waals surface area contributed by atoms with Crippen molar-refractivity contribution in [1.82, 2.24) is 24.6 Å². The second kappa shape index (κ2) is 7.29. The van der Waals surface area contributed by atoms with Crippen molar-refractivity contribution >= 4 is 17.0 Å². The first-order valence-corrected chi connectivity index (χ1v) is 9.20. The molecular formula is C19H24N6O. The summed E-state index contributed by atoms with van der Waals surface area (Å²) in [6, 6.07) is 9.72. The Kier molecular flexibility index (Phi) is 4.71. The number of H-pyrrole nitrogens is 1. The van der Waals surface area contributed by atoms with E-state index in [1.165, 1.54) is 12.8 Å². The number of piperidine rings is 1. The van der Waals surface area contributed by atoms with Crippen LogP contribution in [0.15, 0.2) is 41.3 Å². The van der Waals surface area contributed by atoms with E-state index < -0.39 is 0 Å². The lowest BCUT2D eigenvalue weighted by Gasteiger charge is -2.30. The second-order valence-corrected chi connectivity index (χ2v) is 7.02. The van der Waals surface area contributed by atoms with Crippen LogP contribution in [0, 0.1) is 5.92 Å². The lowest BCUT2D eigenvalue weighted by atomic mass is 10.0. The van der Waals surface area contributed by atoms with Crippen LogP contribution in [0.5, 0.6) is 0 Å². The molecule has 7 nitrogen and oxygen atoms in total. The number of hydrogen-bond acceptors (Lipinski definition) is 5. The molecule has 1 aliphatic heterocycles. The SMILES string of the molecule is CC1CCCN(CCNc2nc3c(cnn3-c3ccccc3)c(=O)[nH]2)C1. The van der Waals surface area contributed by atoms with Gasteiger partial charge in [0.25, 0.3) is 5.56 Å². The number of benzene rings is 1. The molecule has 0 radical (unpaired) electrons. The lowest BCUT2D eigenvalue weighted by Crippen LogP contribution is -2.37. The van der Waals surface area contributed by atoms with Crippen molar-refractivity contribution in [3.8, 4) is 5.69 Å². The number of rotatable bonds is 5. The number of fused-ring (bicyclic) bond motifs is 1. The predicted molar refractivity (Wildman–Crippen MR) is 103 cm³/mol. The summed E-state index contributed by atoms with van der Waals surface area (Å²) in [6.45, 7) is 6.29. The van der Waals surface area contributed by atoms with Crippen LogP contribution >= 0.6 is 0 Å². The van der Waals surface area contributed by atoms with Gasteiger partial charge in [0.15, 0.2) is 5.65 Å². The van der Waals surface area contributed by atoms with Crippen molar-refractivity contribution in [2.75, 3.05) is 31.5 Å². The Labute approximate surface area is 152 Å². The van der Waals surface area contributed by atoms with Crippen molar-refractivity contribution < 1.29 is 0 Å². The molecular weight excluding hydrogens is 328 g/mol. The average Bonchev–Trinajstić information content (AvgIpc) is 3.07. The molecule has 0 amide bonds. The highest BCUT2D eigenvalue weighted by molar-refractivity contribution is 5.76. The first-order chi connectivity index (χ1) is 12.7. The molecule has 26 heavy (non-hydrogen) atoms. The number of nitrogens with one attached hydrogen (secondary N) is 2. The fourth-order valence-corrected chi connectivity index (χ4v) is 3.58. The van der Waals surface area contributed by atoms with Crippen LogP contribution in [0.2, 0.25) is 0 Å². The van der Waals surface area contributed by atoms with E-state index in [2.05, 4.69) is 32.2 Å². The molecule has 1 aromatic carbocycles. The summed E-state index contributed by atoms with van der Waals surface area (Å²) in [5, 5.41) is 8.08. The zero-order chi connectivity index (χ0) is 17.9. The number of hydrogen-bond donors (Lipinski definition) is 2. The van der Waals surface area contributed by atoms with Gasteiger partial charge in [0.2, 0.25) is 5.95 Å². The third-order valence-corrected chi connectivity index (χ3v) is 4.90. The highest BCUT2D eigenvalue weighted by Crippen LogP contribution is 2.16. The number of aromatic nitrogens is 4. The zero-order valence-electron chi connectivity index (χ0n) is 15.0. The molecule has 136 valence electrons. The zero-order valence-corrected chi connectivity index (χ0v) is 15.0. The molecule has 1 fully saturated rings. The van der Waals surface area contributed by atoms with Crippen molar-refractivity contribution in [3.05, 3.63) is 46.9 Å². The van der Waals surface area contributed by atoms with Crippen molar-refractivity contribution in [2.45, 2.75) is 19.8 Å². The van der Waals surface area contributed by atoms with E-state index in [4.69, 9.17) is 0 Å². The smallest absolute Gasteiger partial charge is 0.263 e. The Morgan fingerprint density at radius 3 is 2.96 bits per heavy atom. The fraction of sp³-hybridized carbons (Fsp3) is 0.421. The minimum atomic E-state index is -0.175. The monoisotopic (exact) mass is 352 g/mol. The molecule has 4 rings (SSSR count). The summed E-state index contributed by atoms with van der Waals surface area (Å²) < 4.78 is 1.70. The van der Waals surface area contributed by atoms with E-state index in [9.17, 15) is 4.79 Å². The van der Waals surface area contributed by atoms with Gasteiger partial charge >= 0.3 is 0 Å². The van der Waals surface area contributed by atoms with E-state index >= 15 is 0 Å². The van der Waals surface area contributed by atoms with E-state index in [0.717, 1.165) is 37.8 Å². The molecule has 1 saturated heterocycles. The summed E-state index contributed by atoms with van der Waals surface area (Å²) in [4.78, 5) is 22.2. The second-order valence-electron chi connectivity index (χ2n) is 7.02. The third kappa shape index (κ3) is 3.48. The maximum absolute atomic E-state index is 12.4. The van der Waals surface area contributed by atoms with E-state index in [0.29, 0.717) is 17.0 Å². The van der Waals surface area contributed by atoms with Crippen LogP contribution in [-0.4, -0.2) is 50.8 Å². The molecule has 3 aromatic rings. The highest BCUT2D eigenvalue weighted by atomic mass is 16.1. The molecule has 3 heterocycles. The minimum absolute atomic E-state index is 0.175. The largest absolute Gasteiger partial charge is 0.354 e. The Balaban J connectivity index is 1.52. The molecule has 2 aromatic heterocycles. The topological polar surface area (TPSA) is 78.8 Å². The molecule has 2 N–H and O–H groups in total. The minimum Gasteiger partial charge on any atom is -0.354 e. The van der Waals surface area contributed by atoms with Crippen LogP contribution < -0.4 is 10.9 Å². The summed E-state index contributed by atoms with van der Waals surface area (Å²) in [6.07, 6.45) is 4.14. The Morgan fingerprint density at radius 1 is 1.31 bits per heavy atom. The average molecular weight is 352 g/mol. The van der Waals surface area contributed by atoms with Gasteiger partial charge in [-0.1, -0.05) is 25.1 Å². The van der Waals surface area contributed by atoms with E-state index in [-0.39, 0.29) is 5.56 Å². The van der Waals surface area contributed by atoms with Crippen molar-refractivity contribution in [2.24, 2.45) is 5.92 Å². The van der Waals surface area contributed by atoms with Crippen LogP contribution in [0.1, 0.15) is 19.8 Å². The van der Waals surface area contributed by atoms with Crippen molar-refractivity contribution in [3.63, 3.8) is 0 Å². The Hall–Kier alpha value is -2.67. The molecule has 0 aliphatic carbocycles. The van der Waals surface area contributed by atoms with Crippen molar-refractivity contribution in [1.29, 1.82) is 0 Å². The first kappa shape index (κ1) is 16.8. The molecule has 0 bridgehead atoms. The quantitative estimate of drug-likeness (QED) is 0.736. The van der Waals surface area contributed by atoms with Crippen LogP contribution in [-0.2, 0) is 0 Å². The normalized spacial score (nSPS) is 18.3. The molecule has 7 heteroatoms. The number of para-hydroxylation sites is 1. The molecule has 1 aliphatic rings. The number of anilines is 1. The summed E-state index contributed by atoms with van der Waals surface area (Å²) in [7, 11) is 0. The predicted octanol–water partition coefficient (Wildman–Crippen LogP) is 2.25. The van der Waals surface area contributed by atoms with E-state index in [1.807, 2.05) is 30.3 Å². The third-order valence-electron chi connectivity index (χ3n) is 4.90. The van der Waals surface area contributed by atoms with Crippen LogP contribution in [0.25, 0.3) is 16.7 Å². The van der Waals surface area contributed by atoms with Crippen LogP contribution in [0.3, 0.4) is 0 Å². The van der Waals surface area contributed by atoms with Gasteiger partial charge in [-0.3, -0.25) is 9.78 Å². The van der Waals surface area contributed by atoms with E-state index in [1.54, 1.807) is 10.9 Å². The van der Waals surface area contributed by atoms with Gasteiger partial charge in [-0.2, -0.15) is 10.1 Å². The summed E-state index contributed by atoms with van der Waals surface area (Å²) >= 11 is 0. The standard InChI is InChI=1S/C19H24N6O/c1-14-6-5-10-24(13-14)11-9-20-19-22-17-16(18(26)23-19)12-21-25(17)15-7-3-2-4-8-15/h2-4,7-8,12,14H,5-6,9-11,13H2,1H3,(H2,20,22,23,26). The lowest BCUT2D eigenvalue weighted by molar-refractivity contribution is 0.190. The number of aromatic amines is 1.